The van der Waals surface area contributed by atoms with Gasteiger partial charge in [0.1, 0.15) is 11.5 Å². The highest BCUT2D eigenvalue weighted by Crippen LogP contribution is 2.34. The zero-order valence-corrected chi connectivity index (χ0v) is 22.3. The van der Waals surface area contributed by atoms with Crippen LogP contribution >= 0.6 is 11.3 Å². The average molecular weight is 524 g/mol. The number of H-pyrrole nitrogens is 1. The van der Waals surface area contributed by atoms with Crippen molar-refractivity contribution in [2.45, 2.75) is 26.2 Å². The topological polar surface area (TPSA) is 65.6 Å². The van der Waals surface area contributed by atoms with E-state index in [1.807, 2.05) is 31.4 Å². The number of terminal acetylenes is 1. The van der Waals surface area contributed by atoms with Crippen LogP contribution in [0.5, 0.6) is 0 Å². The summed E-state index contributed by atoms with van der Waals surface area (Å²) in [6.07, 6.45) is 15.7. The second-order valence-electron chi connectivity index (χ2n) is 8.75. The van der Waals surface area contributed by atoms with Crippen LogP contribution in [0.4, 0.5) is 15.8 Å². The number of anilines is 2. The number of rotatable bonds is 9. The zero-order valence-electron chi connectivity index (χ0n) is 21.5. The Kier molecular flexibility index (Phi) is 8.57. The molecule has 38 heavy (non-hydrogen) atoms. The first-order valence-electron chi connectivity index (χ1n) is 12.3. The van der Waals surface area contributed by atoms with E-state index >= 15 is 4.39 Å². The van der Waals surface area contributed by atoms with Crippen molar-refractivity contribution in [2.75, 3.05) is 17.7 Å². The van der Waals surface area contributed by atoms with Crippen LogP contribution in [0.15, 0.2) is 78.7 Å². The molecule has 0 fully saturated rings. The number of halogens is 1. The molecule has 5 aromatic rings. The molecule has 0 aliphatic heterocycles. The minimum atomic E-state index is -0.298. The number of hydrogen-bond donors (Lipinski definition) is 3. The molecule has 0 unspecified atom stereocenters. The van der Waals surface area contributed by atoms with Crippen molar-refractivity contribution in [3.05, 3.63) is 95.8 Å². The van der Waals surface area contributed by atoms with Gasteiger partial charge in [-0.15, -0.1) is 24.2 Å². The Morgan fingerprint density at radius 3 is 2.71 bits per heavy atom. The summed E-state index contributed by atoms with van der Waals surface area (Å²) < 4.78 is 15.2. The zero-order chi connectivity index (χ0) is 27.1. The third-order valence-electron chi connectivity index (χ3n) is 6.14. The summed E-state index contributed by atoms with van der Waals surface area (Å²) in [5.41, 5.74) is 7.68. The molecule has 7 heteroatoms. The summed E-state index contributed by atoms with van der Waals surface area (Å²) in [5.74, 6) is -0.298. The smallest absolute Gasteiger partial charge is 0.138 e. The number of benzene rings is 1. The van der Waals surface area contributed by atoms with E-state index in [0.717, 1.165) is 57.8 Å². The molecule has 0 spiro atoms. The van der Waals surface area contributed by atoms with Crippen molar-refractivity contribution in [1.82, 2.24) is 15.0 Å². The molecular formula is C31H30FN5S. The van der Waals surface area contributed by atoms with E-state index in [0.29, 0.717) is 17.5 Å². The summed E-state index contributed by atoms with van der Waals surface area (Å²) in [6.45, 7) is 6.16. The summed E-state index contributed by atoms with van der Waals surface area (Å²) in [6, 6.07) is 13.7. The maximum absolute atomic E-state index is 15.2. The van der Waals surface area contributed by atoms with Gasteiger partial charge in [-0.2, -0.15) is 0 Å². The van der Waals surface area contributed by atoms with E-state index in [1.165, 1.54) is 4.88 Å². The molecule has 3 N–H and O–H groups in total. The number of nitrogens with one attached hydrogen (secondary N) is 3. The first kappa shape index (κ1) is 26.6. The predicted octanol–water partition coefficient (Wildman–Crippen LogP) is 8.10. The van der Waals surface area contributed by atoms with Gasteiger partial charge < -0.3 is 15.6 Å². The Hall–Kier alpha value is -4.41. The van der Waals surface area contributed by atoms with Crippen LogP contribution in [-0.4, -0.2) is 22.0 Å². The summed E-state index contributed by atoms with van der Waals surface area (Å²) in [4.78, 5) is 13.5. The van der Waals surface area contributed by atoms with Crippen molar-refractivity contribution in [3.63, 3.8) is 0 Å². The fourth-order valence-electron chi connectivity index (χ4n) is 4.47. The van der Waals surface area contributed by atoms with Crippen LogP contribution < -0.4 is 10.6 Å². The molecule has 192 valence electrons. The summed E-state index contributed by atoms with van der Waals surface area (Å²) >= 11 is 1.71. The number of fused-ring (bicyclic) bond motifs is 1. The maximum Gasteiger partial charge on any atom is 0.138 e. The Bertz CT molecular complexity index is 1570. The van der Waals surface area contributed by atoms with E-state index in [-0.39, 0.29) is 5.82 Å². The number of pyridine rings is 2. The number of aromatic nitrogens is 3. The molecule has 0 atom stereocenters. The van der Waals surface area contributed by atoms with Gasteiger partial charge in [0, 0.05) is 69.9 Å². The Morgan fingerprint density at radius 2 is 1.97 bits per heavy atom. The quantitative estimate of drug-likeness (QED) is 0.171. The Morgan fingerprint density at radius 1 is 1.13 bits per heavy atom. The number of nitrogens with zero attached hydrogens (tertiary/aromatic N) is 2. The van der Waals surface area contributed by atoms with Crippen LogP contribution in [0, 0.1) is 18.7 Å². The van der Waals surface area contributed by atoms with Crippen molar-refractivity contribution in [1.29, 1.82) is 0 Å². The largest absolute Gasteiger partial charge is 0.388 e. The standard InChI is InChI=1S/C29H28FN5S.C2H2/c1-4-6-18(2)34-22-12-20(16-32-17-22)24-13-19(27(31-3)15-26(24)30)11-21-14-25-23(28-7-5-10-36-28)8-9-33-29(25)35-21;1-2/h5,7-10,12-17,31,34H,2,4,6,11H2,1,3H3,(H,33,35);1-2H. The van der Waals surface area contributed by atoms with Gasteiger partial charge in [-0.25, -0.2) is 9.37 Å². The van der Waals surface area contributed by atoms with Crippen molar-refractivity contribution >= 4 is 33.7 Å². The van der Waals surface area contributed by atoms with Crippen LogP contribution in [-0.2, 0) is 6.42 Å². The molecule has 0 radical (unpaired) electrons. The monoisotopic (exact) mass is 523 g/mol. The van der Waals surface area contributed by atoms with Gasteiger partial charge in [0.25, 0.3) is 0 Å². The highest BCUT2D eigenvalue weighted by molar-refractivity contribution is 7.13. The number of thiophene rings is 1. The predicted molar refractivity (Wildman–Crippen MR) is 159 cm³/mol. The van der Waals surface area contributed by atoms with E-state index in [9.17, 15) is 0 Å². The van der Waals surface area contributed by atoms with Crippen LogP contribution in [0.2, 0.25) is 0 Å². The molecular weight excluding hydrogens is 493 g/mol. The van der Waals surface area contributed by atoms with Gasteiger partial charge in [-0.1, -0.05) is 26.0 Å². The average Bonchev–Trinajstić information content (AvgIpc) is 3.61. The number of hydrogen-bond acceptors (Lipinski definition) is 5. The van der Waals surface area contributed by atoms with E-state index < -0.39 is 0 Å². The molecule has 0 amide bonds. The van der Waals surface area contributed by atoms with E-state index in [2.05, 4.69) is 75.5 Å². The fourth-order valence-corrected chi connectivity index (χ4v) is 5.24. The van der Waals surface area contributed by atoms with Crippen LogP contribution in [0.3, 0.4) is 0 Å². The highest BCUT2D eigenvalue weighted by atomic mass is 32.1. The number of aromatic amines is 1. The molecule has 0 aliphatic rings. The third-order valence-corrected chi connectivity index (χ3v) is 7.04. The van der Waals surface area contributed by atoms with Crippen molar-refractivity contribution in [3.8, 4) is 34.4 Å². The van der Waals surface area contributed by atoms with Crippen molar-refractivity contribution in [2.24, 2.45) is 0 Å². The SMILES string of the molecule is C#C.C=C(CCC)Nc1cncc(-c2cc(Cc3cc4c(-c5cccs5)ccnc4[nH]3)c(NC)cc2F)c1. The van der Waals surface area contributed by atoms with E-state index in [1.54, 1.807) is 29.8 Å². The molecule has 0 saturated heterocycles. The fraction of sp³-hybridized carbons (Fsp3) is 0.161. The second kappa shape index (κ2) is 12.2. The molecule has 4 heterocycles. The molecule has 1 aromatic carbocycles. The lowest BCUT2D eigenvalue weighted by atomic mass is 9.99. The minimum absolute atomic E-state index is 0.298. The van der Waals surface area contributed by atoms with Gasteiger partial charge in [0.05, 0.1) is 11.9 Å². The van der Waals surface area contributed by atoms with Crippen molar-refractivity contribution < 1.29 is 4.39 Å². The first-order chi connectivity index (χ1) is 18.6. The molecule has 5 rings (SSSR count). The molecule has 4 aromatic heterocycles. The number of allylic oxidation sites excluding steroid dienone is 1. The van der Waals surface area contributed by atoms with Gasteiger partial charge in [0.2, 0.25) is 0 Å². The molecule has 0 bridgehead atoms. The van der Waals surface area contributed by atoms with Crippen LogP contribution in [0.1, 0.15) is 31.0 Å². The maximum atomic E-state index is 15.2. The first-order valence-corrected chi connectivity index (χ1v) is 13.2. The second-order valence-corrected chi connectivity index (χ2v) is 9.70. The lowest BCUT2D eigenvalue weighted by Gasteiger charge is -2.14. The van der Waals surface area contributed by atoms with Gasteiger partial charge >= 0.3 is 0 Å². The highest BCUT2D eigenvalue weighted by Gasteiger charge is 2.15. The Balaban J connectivity index is 0.00000164. The van der Waals surface area contributed by atoms with Gasteiger partial charge in [-0.3, -0.25) is 4.98 Å². The van der Waals surface area contributed by atoms with E-state index in [4.69, 9.17) is 0 Å². The third kappa shape index (κ3) is 5.77. The van der Waals surface area contributed by atoms with Gasteiger partial charge in [-0.05, 0) is 53.8 Å². The lowest BCUT2D eigenvalue weighted by Crippen LogP contribution is -2.01. The lowest BCUT2D eigenvalue weighted by molar-refractivity contribution is 0.631. The van der Waals surface area contributed by atoms with Gasteiger partial charge in [0.15, 0.2) is 0 Å². The summed E-state index contributed by atoms with van der Waals surface area (Å²) in [5, 5.41) is 9.58. The summed E-state index contributed by atoms with van der Waals surface area (Å²) in [7, 11) is 1.81. The molecule has 0 aliphatic carbocycles. The molecule has 0 saturated carbocycles. The molecule has 5 nitrogen and oxygen atoms in total. The normalized spacial score (nSPS) is 10.6. The van der Waals surface area contributed by atoms with Crippen LogP contribution in [0.25, 0.3) is 32.6 Å². The Labute approximate surface area is 226 Å². The minimum Gasteiger partial charge on any atom is -0.388 e.